The van der Waals surface area contributed by atoms with E-state index in [9.17, 15) is 9.59 Å². The molecule has 0 radical (unpaired) electrons. The van der Waals surface area contributed by atoms with Gasteiger partial charge in [-0.15, -0.1) is 17.5 Å². The Morgan fingerprint density at radius 2 is 1.86 bits per heavy atom. The summed E-state index contributed by atoms with van der Waals surface area (Å²) >= 11 is 0. The van der Waals surface area contributed by atoms with Crippen molar-refractivity contribution < 1.29 is 9.59 Å². The van der Waals surface area contributed by atoms with E-state index in [1.165, 1.54) is 0 Å². The highest BCUT2D eigenvalue weighted by Crippen LogP contribution is 2.30. The van der Waals surface area contributed by atoms with Crippen molar-refractivity contribution in [1.29, 1.82) is 0 Å². The molecule has 8 nitrogen and oxygen atoms in total. The SMILES string of the molecule is CCN(CC)C(=O)C1(NC(=O)c2cn(C3CCNCC3)nn2)CCCCC1.Cl. The maximum atomic E-state index is 13.2. The first kappa shape index (κ1) is 22.6. The number of nitrogens with one attached hydrogen (secondary N) is 2. The van der Waals surface area contributed by atoms with E-state index < -0.39 is 5.54 Å². The maximum absolute atomic E-state index is 13.2. The number of amides is 2. The second-order valence-electron chi connectivity index (χ2n) is 7.64. The molecule has 9 heteroatoms. The lowest BCUT2D eigenvalue weighted by molar-refractivity contribution is -0.139. The second-order valence-corrected chi connectivity index (χ2v) is 7.64. The van der Waals surface area contributed by atoms with E-state index in [-0.39, 0.29) is 30.3 Å². The monoisotopic (exact) mass is 412 g/mol. The topological polar surface area (TPSA) is 92.2 Å². The molecular formula is C19H33ClN6O2. The van der Waals surface area contributed by atoms with Gasteiger partial charge in [0.1, 0.15) is 5.54 Å². The van der Waals surface area contributed by atoms with Gasteiger partial charge in [-0.1, -0.05) is 24.5 Å². The van der Waals surface area contributed by atoms with Gasteiger partial charge >= 0.3 is 0 Å². The molecule has 0 bridgehead atoms. The Morgan fingerprint density at radius 3 is 2.46 bits per heavy atom. The molecule has 2 amide bonds. The molecule has 1 saturated heterocycles. The summed E-state index contributed by atoms with van der Waals surface area (Å²) in [5.74, 6) is -0.260. The first-order valence-corrected chi connectivity index (χ1v) is 10.3. The van der Waals surface area contributed by atoms with Gasteiger partial charge in [-0.2, -0.15) is 0 Å². The fourth-order valence-electron chi connectivity index (χ4n) is 4.27. The van der Waals surface area contributed by atoms with Crippen LogP contribution in [-0.4, -0.2) is 63.4 Å². The van der Waals surface area contributed by atoms with Gasteiger partial charge in [0.15, 0.2) is 5.69 Å². The van der Waals surface area contributed by atoms with Crippen LogP contribution in [0.2, 0.25) is 0 Å². The third-order valence-corrected chi connectivity index (χ3v) is 5.95. The molecule has 2 fully saturated rings. The number of likely N-dealkylation sites (N-methyl/N-ethyl adjacent to an activating group) is 1. The van der Waals surface area contributed by atoms with E-state index in [2.05, 4.69) is 20.9 Å². The van der Waals surface area contributed by atoms with Crippen LogP contribution in [0, 0.1) is 0 Å². The Hall–Kier alpha value is -1.67. The van der Waals surface area contributed by atoms with Crippen molar-refractivity contribution in [2.75, 3.05) is 26.2 Å². The minimum Gasteiger partial charge on any atom is -0.341 e. The average molecular weight is 413 g/mol. The molecule has 1 aliphatic carbocycles. The van der Waals surface area contributed by atoms with Crippen LogP contribution < -0.4 is 10.6 Å². The largest absolute Gasteiger partial charge is 0.341 e. The van der Waals surface area contributed by atoms with Crippen molar-refractivity contribution in [3.8, 4) is 0 Å². The normalized spacial score (nSPS) is 19.5. The number of rotatable bonds is 6. The van der Waals surface area contributed by atoms with Crippen LogP contribution in [0.5, 0.6) is 0 Å². The van der Waals surface area contributed by atoms with E-state index >= 15 is 0 Å². The fourth-order valence-corrected chi connectivity index (χ4v) is 4.27. The highest BCUT2D eigenvalue weighted by atomic mass is 35.5. The summed E-state index contributed by atoms with van der Waals surface area (Å²) in [5.41, 5.74) is -0.509. The van der Waals surface area contributed by atoms with E-state index in [4.69, 9.17) is 0 Å². The summed E-state index contributed by atoms with van der Waals surface area (Å²) in [6.07, 6.45) is 8.08. The smallest absolute Gasteiger partial charge is 0.274 e. The van der Waals surface area contributed by atoms with Crippen LogP contribution in [0.1, 0.15) is 75.3 Å². The summed E-state index contributed by atoms with van der Waals surface area (Å²) in [4.78, 5) is 27.9. The number of aromatic nitrogens is 3. The molecule has 1 aromatic rings. The van der Waals surface area contributed by atoms with E-state index in [1.807, 2.05) is 18.7 Å². The van der Waals surface area contributed by atoms with Crippen molar-refractivity contribution in [2.45, 2.75) is 70.4 Å². The Morgan fingerprint density at radius 1 is 1.21 bits per heavy atom. The molecule has 2 heterocycles. The van der Waals surface area contributed by atoms with Gasteiger partial charge in [0.05, 0.1) is 12.2 Å². The Kier molecular flexibility index (Phi) is 8.24. The number of carbonyl (C=O) groups is 2. The highest BCUT2D eigenvalue weighted by Gasteiger charge is 2.43. The summed E-state index contributed by atoms with van der Waals surface area (Å²) < 4.78 is 1.80. The van der Waals surface area contributed by atoms with Gasteiger partial charge in [0.2, 0.25) is 5.91 Å². The lowest BCUT2D eigenvalue weighted by Crippen LogP contribution is -2.60. The molecule has 2 N–H and O–H groups in total. The predicted octanol–water partition coefficient (Wildman–Crippen LogP) is 1.93. The molecule has 1 saturated carbocycles. The molecule has 2 aliphatic rings. The van der Waals surface area contributed by atoms with E-state index in [1.54, 1.807) is 10.9 Å². The van der Waals surface area contributed by atoms with Gasteiger partial charge in [-0.05, 0) is 52.6 Å². The molecule has 3 rings (SSSR count). The lowest BCUT2D eigenvalue weighted by Gasteiger charge is -2.39. The number of piperidine rings is 1. The van der Waals surface area contributed by atoms with Crippen LogP contribution in [0.3, 0.4) is 0 Å². The quantitative estimate of drug-likeness (QED) is 0.744. The number of hydrogen-bond donors (Lipinski definition) is 2. The van der Waals surface area contributed by atoms with Gasteiger partial charge in [0, 0.05) is 13.1 Å². The molecule has 0 atom stereocenters. The highest BCUT2D eigenvalue weighted by molar-refractivity contribution is 5.98. The van der Waals surface area contributed by atoms with E-state index in [0.29, 0.717) is 31.6 Å². The molecule has 0 unspecified atom stereocenters. The standard InChI is InChI=1S/C19H32N6O2.ClH/c1-3-24(4-2)18(27)19(10-6-5-7-11-19)21-17(26)16-14-25(23-22-16)15-8-12-20-13-9-15;/h14-15,20H,3-13H2,1-2H3,(H,21,26);1H. The number of carbonyl (C=O) groups excluding carboxylic acids is 2. The van der Waals surface area contributed by atoms with Crippen LogP contribution in [0.15, 0.2) is 6.20 Å². The van der Waals surface area contributed by atoms with Crippen LogP contribution >= 0.6 is 12.4 Å². The Bertz CT molecular complexity index is 649. The van der Waals surface area contributed by atoms with Crippen LogP contribution in [0.4, 0.5) is 0 Å². The predicted molar refractivity (Wildman–Crippen MR) is 110 cm³/mol. The summed E-state index contributed by atoms with van der Waals surface area (Å²) in [5, 5.41) is 14.6. The van der Waals surface area contributed by atoms with Gasteiger partial charge in [-0.3, -0.25) is 9.59 Å². The molecule has 0 aromatic carbocycles. The van der Waals surface area contributed by atoms with Crippen molar-refractivity contribution in [2.24, 2.45) is 0 Å². The van der Waals surface area contributed by atoms with Crippen molar-refractivity contribution in [3.05, 3.63) is 11.9 Å². The molecule has 1 aliphatic heterocycles. The Balaban J connectivity index is 0.00000280. The lowest BCUT2D eigenvalue weighted by atomic mass is 9.80. The maximum Gasteiger partial charge on any atom is 0.274 e. The average Bonchev–Trinajstić information content (AvgIpc) is 3.21. The van der Waals surface area contributed by atoms with Gasteiger partial charge in [0.25, 0.3) is 5.91 Å². The number of hydrogen-bond acceptors (Lipinski definition) is 5. The zero-order chi connectivity index (χ0) is 19.3. The van der Waals surface area contributed by atoms with Crippen molar-refractivity contribution in [1.82, 2.24) is 30.5 Å². The van der Waals surface area contributed by atoms with Gasteiger partial charge < -0.3 is 15.5 Å². The summed E-state index contributed by atoms with van der Waals surface area (Å²) in [6, 6.07) is 0.279. The summed E-state index contributed by atoms with van der Waals surface area (Å²) in [6.45, 7) is 7.16. The second kappa shape index (κ2) is 10.2. The van der Waals surface area contributed by atoms with Crippen LogP contribution in [-0.2, 0) is 4.79 Å². The third kappa shape index (κ3) is 4.84. The zero-order valence-corrected chi connectivity index (χ0v) is 17.8. The third-order valence-electron chi connectivity index (χ3n) is 5.95. The van der Waals surface area contributed by atoms with E-state index in [0.717, 1.165) is 45.2 Å². The number of nitrogens with zero attached hydrogens (tertiary/aromatic N) is 4. The Labute approximate surface area is 173 Å². The van der Waals surface area contributed by atoms with Gasteiger partial charge in [-0.25, -0.2) is 4.68 Å². The molecule has 158 valence electrons. The first-order chi connectivity index (χ1) is 13.1. The molecular weight excluding hydrogens is 380 g/mol. The number of halogens is 1. The minimum absolute atomic E-state index is 0. The van der Waals surface area contributed by atoms with Crippen molar-refractivity contribution >= 4 is 24.2 Å². The first-order valence-electron chi connectivity index (χ1n) is 10.3. The fraction of sp³-hybridized carbons (Fsp3) is 0.789. The van der Waals surface area contributed by atoms with Crippen LogP contribution in [0.25, 0.3) is 0 Å². The molecule has 0 spiro atoms. The molecule has 1 aromatic heterocycles. The minimum atomic E-state index is -0.806. The molecule has 28 heavy (non-hydrogen) atoms. The summed E-state index contributed by atoms with van der Waals surface area (Å²) in [7, 11) is 0. The van der Waals surface area contributed by atoms with Crippen molar-refractivity contribution in [3.63, 3.8) is 0 Å². The zero-order valence-electron chi connectivity index (χ0n) is 16.9.